The number of aromatic nitrogens is 3. The highest BCUT2D eigenvalue weighted by Crippen LogP contribution is 2.25. The van der Waals surface area contributed by atoms with Gasteiger partial charge >= 0.3 is 0 Å². The fraction of sp³-hybridized carbons (Fsp3) is 0.389. The Morgan fingerprint density at radius 3 is 2.96 bits per heavy atom. The Labute approximate surface area is 160 Å². The first-order valence-electron chi connectivity index (χ1n) is 8.70. The zero-order valence-electron chi connectivity index (χ0n) is 14.4. The van der Waals surface area contributed by atoms with Crippen LogP contribution >= 0.6 is 22.7 Å². The van der Waals surface area contributed by atoms with Crippen LogP contribution in [0.2, 0.25) is 0 Å². The number of piperidine rings is 1. The number of amides is 1. The molecule has 1 aliphatic rings. The molecule has 1 saturated heterocycles. The SMILES string of the molecule is NC(=O)[C@@H]1CCCN(c2nnc(Cc3ccsc3)n2Cc2cccs2)C1. The first kappa shape index (κ1) is 17.2. The van der Waals surface area contributed by atoms with E-state index in [0.717, 1.165) is 44.1 Å². The Kier molecular flexibility index (Phi) is 5.03. The summed E-state index contributed by atoms with van der Waals surface area (Å²) >= 11 is 3.42. The van der Waals surface area contributed by atoms with Gasteiger partial charge in [-0.1, -0.05) is 6.07 Å². The number of nitrogens with zero attached hydrogens (tertiary/aromatic N) is 4. The highest BCUT2D eigenvalue weighted by atomic mass is 32.1. The van der Waals surface area contributed by atoms with Crippen LogP contribution in [0, 0.1) is 5.92 Å². The second kappa shape index (κ2) is 7.59. The van der Waals surface area contributed by atoms with Crippen molar-refractivity contribution in [2.24, 2.45) is 11.7 Å². The van der Waals surface area contributed by atoms with Crippen LogP contribution in [0.4, 0.5) is 5.95 Å². The number of primary amides is 1. The van der Waals surface area contributed by atoms with Crippen molar-refractivity contribution < 1.29 is 4.79 Å². The molecule has 0 saturated carbocycles. The number of anilines is 1. The van der Waals surface area contributed by atoms with Crippen LogP contribution in [-0.4, -0.2) is 33.8 Å². The number of thiophene rings is 2. The minimum Gasteiger partial charge on any atom is -0.369 e. The first-order chi connectivity index (χ1) is 12.7. The Hall–Kier alpha value is -2.19. The average Bonchev–Trinajstić information content (AvgIpc) is 3.39. The molecule has 6 nitrogen and oxygen atoms in total. The number of nitrogens with two attached hydrogens (primary N) is 1. The molecule has 3 aromatic heterocycles. The van der Waals surface area contributed by atoms with E-state index in [1.165, 1.54) is 10.4 Å². The third kappa shape index (κ3) is 3.66. The lowest BCUT2D eigenvalue weighted by atomic mass is 9.98. The molecule has 0 unspecified atom stereocenters. The van der Waals surface area contributed by atoms with Gasteiger partial charge in [0.25, 0.3) is 0 Å². The van der Waals surface area contributed by atoms with E-state index in [0.29, 0.717) is 6.54 Å². The zero-order chi connectivity index (χ0) is 17.9. The highest BCUT2D eigenvalue weighted by Gasteiger charge is 2.28. The van der Waals surface area contributed by atoms with E-state index >= 15 is 0 Å². The standard InChI is InChI=1S/C18H21N5OS2/c19-17(24)14-3-1-6-22(10-14)18-21-20-16(9-13-5-8-25-12-13)23(18)11-15-4-2-7-26-15/h2,4-5,7-8,12,14H,1,3,6,9-11H2,(H2,19,24)/t14-/m1/s1. The summed E-state index contributed by atoms with van der Waals surface area (Å²) in [4.78, 5) is 15.1. The van der Waals surface area contributed by atoms with Gasteiger partial charge in [-0.05, 0) is 46.7 Å². The van der Waals surface area contributed by atoms with Gasteiger partial charge in [-0.25, -0.2) is 0 Å². The molecule has 0 aromatic carbocycles. The number of hydrogen-bond donors (Lipinski definition) is 1. The lowest BCUT2D eigenvalue weighted by molar-refractivity contribution is -0.122. The zero-order valence-corrected chi connectivity index (χ0v) is 16.0. The summed E-state index contributed by atoms with van der Waals surface area (Å²) < 4.78 is 2.19. The molecule has 0 aliphatic carbocycles. The third-order valence-electron chi connectivity index (χ3n) is 4.75. The molecule has 1 atom stereocenters. The van der Waals surface area contributed by atoms with E-state index in [2.05, 4.69) is 54.0 Å². The van der Waals surface area contributed by atoms with Gasteiger partial charge in [0.15, 0.2) is 0 Å². The Bertz CT molecular complexity index is 856. The van der Waals surface area contributed by atoms with Crippen molar-refractivity contribution >= 4 is 34.5 Å². The van der Waals surface area contributed by atoms with Gasteiger partial charge in [-0.15, -0.1) is 21.5 Å². The predicted octanol–water partition coefficient (Wildman–Crippen LogP) is 2.74. The van der Waals surface area contributed by atoms with E-state index in [4.69, 9.17) is 5.73 Å². The molecule has 2 N–H and O–H groups in total. The van der Waals surface area contributed by atoms with Crippen LogP contribution in [-0.2, 0) is 17.8 Å². The van der Waals surface area contributed by atoms with Crippen molar-refractivity contribution in [1.29, 1.82) is 0 Å². The van der Waals surface area contributed by atoms with Crippen molar-refractivity contribution in [1.82, 2.24) is 14.8 Å². The van der Waals surface area contributed by atoms with E-state index < -0.39 is 0 Å². The van der Waals surface area contributed by atoms with Gasteiger partial charge < -0.3 is 10.6 Å². The number of carbonyl (C=O) groups is 1. The molecule has 1 aliphatic heterocycles. The lowest BCUT2D eigenvalue weighted by Gasteiger charge is -2.32. The minimum atomic E-state index is -0.225. The molecule has 0 spiro atoms. The number of rotatable bonds is 6. The van der Waals surface area contributed by atoms with E-state index in [1.54, 1.807) is 22.7 Å². The molecule has 136 valence electrons. The molecule has 8 heteroatoms. The van der Waals surface area contributed by atoms with Crippen LogP contribution in [0.1, 0.15) is 29.1 Å². The molecule has 3 aromatic rings. The van der Waals surface area contributed by atoms with Crippen molar-refractivity contribution in [3.63, 3.8) is 0 Å². The van der Waals surface area contributed by atoms with Gasteiger partial charge in [-0.2, -0.15) is 11.3 Å². The van der Waals surface area contributed by atoms with Crippen LogP contribution in [0.3, 0.4) is 0 Å². The summed E-state index contributed by atoms with van der Waals surface area (Å²) in [7, 11) is 0. The second-order valence-electron chi connectivity index (χ2n) is 6.58. The molecule has 4 rings (SSSR count). The molecule has 26 heavy (non-hydrogen) atoms. The van der Waals surface area contributed by atoms with Gasteiger partial charge in [0.2, 0.25) is 11.9 Å². The first-order valence-corrected chi connectivity index (χ1v) is 10.5. The van der Waals surface area contributed by atoms with Crippen LogP contribution < -0.4 is 10.6 Å². The fourth-order valence-corrected chi connectivity index (χ4v) is 4.74. The topological polar surface area (TPSA) is 77.0 Å². The maximum Gasteiger partial charge on any atom is 0.227 e. The van der Waals surface area contributed by atoms with E-state index in [-0.39, 0.29) is 11.8 Å². The maximum atomic E-state index is 11.6. The molecule has 1 fully saturated rings. The molecule has 4 heterocycles. The quantitative estimate of drug-likeness (QED) is 0.705. The van der Waals surface area contributed by atoms with Crippen LogP contribution in [0.25, 0.3) is 0 Å². The lowest BCUT2D eigenvalue weighted by Crippen LogP contribution is -2.42. The Morgan fingerprint density at radius 2 is 2.23 bits per heavy atom. The summed E-state index contributed by atoms with van der Waals surface area (Å²) in [6.45, 7) is 2.25. The van der Waals surface area contributed by atoms with Crippen molar-refractivity contribution in [2.45, 2.75) is 25.8 Å². The second-order valence-corrected chi connectivity index (χ2v) is 8.39. The van der Waals surface area contributed by atoms with E-state index in [9.17, 15) is 4.79 Å². The predicted molar refractivity (Wildman–Crippen MR) is 105 cm³/mol. The normalized spacial score (nSPS) is 17.5. The van der Waals surface area contributed by atoms with Gasteiger partial charge in [0, 0.05) is 24.4 Å². The largest absolute Gasteiger partial charge is 0.369 e. The summed E-state index contributed by atoms with van der Waals surface area (Å²) in [6, 6.07) is 6.32. The Balaban J connectivity index is 1.64. The molecule has 1 amide bonds. The molecule has 0 radical (unpaired) electrons. The van der Waals surface area contributed by atoms with E-state index in [1.807, 2.05) is 0 Å². The van der Waals surface area contributed by atoms with Crippen LogP contribution in [0.5, 0.6) is 0 Å². The summed E-state index contributed by atoms with van der Waals surface area (Å²) in [5.41, 5.74) is 6.79. The molecular formula is C18H21N5OS2. The van der Waals surface area contributed by atoms with Crippen molar-refractivity contribution in [2.75, 3.05) is 18.0 Å². The summed E-state index contributed by atoms with van der Waals surface area (Å²) in [5, 5.41) is 15.3. The van der Waals surface area contributed by atoms with Crippen molar-refractivity contribution in [3.8, 4) is 0 Å². The van der Waals surface area contributed by atoms with Crippen LogP contribution in [0.15, 0.2) is 34.3 Å². The summed E-state index contributed by atoms with van der Waals surface area (Å²) in [6.07, 6.45) is 2.56. The maximum absolute atomic E-state index is 11.6. The molecular weight excluding hydrogens is 366 g/mol. The van der Waals surface area contributed by atoms with Gasteiger partial charge in [-0.3, -0.25) is 9.36 Å². The molecule has 0 bridgehead atoms. The van der Waals surface area contributed by atoms with Crippen molar-refractivity contribution in [3.05, 3.63) is 50.6 Å². The number of hydrogen-bond acceptors (Lipinski definition) is 6. The summed E-state index contributed by atoms with van der Waals surface area (Å²) in [5.74, 6) is 1.45. The Morgan fingerprint density at radius 1 is 1.31 bits per heavy atom. The highest BCUT2D eigenvalue weighted by molar-refractivity contribution is 7.09. The minimum absolute atomic E-state index is 0.115. The van der Waals surface area contributed by atoms with Gasteiger partial charge in [0.1, 0.15) is 5.82 Å². The third-order valence-corrected chi connectivity index (χ3v) is 6.34. The van der Waals surface area contributed by atoms with Gasteiger partial charge in [0.05, 0.1) is 12.5 Å². The average molecular weight is 388 g/mol. The number of carbonyl (C=O) groups excluding carboxylic acids is 1. The smallest absolute Gasteiger partial charge is 0.227 e. The fourth-order valence-electron chi connectivity index (χ4n) is 3.38. The monoisotopic (exact) mass is 387 g/mol.